The fourth-order valence-corrected chi connectivity index (χ4v) is 3.05. The summed E-state index contributed by atoms with van der Waals surface area (Å²) in [6, 6.07) is 11.1. The molecule has 0 radical (unpaired) electrons. The lowest BCUT2D eigenvalue weighted by Crippen LogP contribution is -2.49. The Morgan fingerprint density at radius 1 is 1.04 bits per heavy atom. The summed E-state index contributed by atoms with van der Waals surface area (Å²) in [6.45, 7) is 7.81. The van der Waals surface area contributed by atoms with Gasteiger partial charge in [0.15, 0.2) is 5.82 Å². The number of carbonyl (C=O) groups is 1. The van der Waals surface area contributed by atoms with Gasteiger partial charge in [0, 0.05) is 26.2 Å². The highest BCUT2D eigenvalue weighted by Crippen LogP contribution is 2.24. The Morgan fingerprint density at radius 2 is 1.69 bits per heavy atom. The highest BCUT2D eigenvalue weighted by atomic mass is 19.1. The number of halogens is 1. The van der Waals surface area contributed by atoms with E-state index in [1.54, 1.807) is 12.1 Å². The first-order chi connectivity index (χ1) is 12.3. The fraction of sp³-hybridized carbons (Fsp3) is 0.450. The Bertz CT molecular complexity index is 745. The van der Waals surface area contributed by atoms with Crippen LogP contribution in [-0.2, 0) is 16.9 Å². The van der Waals surface area contributed by atoms with Crippen molar-refractivity contribution in [3.8, 4) is 0 Å². The lowest BCUT2D eigenvalue weighted by atomic mass is 9.98. The van der Waals surface area contributed by atoms with E-state index in [0.29, 0.717) is 25.1 Å². The van der Waals surface area contributed by atoms with Crippen molar-refractivity contribution in [1.29, 1.82) is 0 Å². The van der Waals surface area contributed by atoms with Gasteiger partial charge in [0.25, 0.3) is 0 Å². The molecule has 0 aliphatic carbocycles. The quantitative estimate of drug-likeness (QED) is 0.845. The molecule has 1 aliphatic rings. The smallest absolute Gasteiger partial charge is 0.227 e. The number of hydrogen-bond acceptors (Lipinski definition) is 4. The van der Waals surface area contributed by atoms with Crippen LogP contribution in [0.3, 0.4) is 0 Å². The van der Waals surface area contributed by atoms with Gasteiger partial charge in [0.2, 0.25) is 5.91 Å². The van der Waals surface area contributed by atoms with Gasteiger partial charge in [-0.2, -0.15) is 5.10 Å². The van der Waals surface area contributed by atoms with Crippen LogP contribution in [-0.4, -0.2) is 47.2 Å². The van der Waals surface area contributed by atoms with Crippen molar-refractivity contribution in [2.75, 3.05) is 31.1 Å². The summed E-state index contributed by atoms with van der Waals surface area (Å²) < 4.78 is 13.9. The second-order valence-corrected chi connectivity index (χ2v) is 7.25. The number of hydrogen-bond donors (Lipinski definition) is 0. The zero-order valence-corrected chi connectivity index (χ0v) is 15.6. The van der Waals surface area contributed by atoms with Crippen molar-refractivity contribution in [3.63, 3.8) is 0 Å². The lowest BCUT2D eigenvalue weighted by molar-refractivity contribution is -0.130. The minimum atomic E-state index is -1.36. The van der Waals surface area contributed by atoms with Crippen molar-refractivity contribution >= 4 is 11.7 Å². The van der Waals surface area contributed by atoms with Crippen molar-refractivity contribution < 1.29 is 9.18 Å². The predicted octanol–water partition coefficient (Wildman–Crippen LogP) is 2.88. The molecule has 1 aromatic heterocycles. The van der Waals surface area contributed by atoms with Gasteiger partial charge < -0.3 is 9.80 Å². The molecular weight excluding hydrogens is 331 g/mol. The van der Waals surface area contributed by atoms with Crippen molar-refractivity contribution in [1.82, 2.24) is 15.1 Å². The molecule has 5 nitrogen and oxygen atoms in total. The standard InChI is InChI=1S/C20H25FN4O/c1-15-4-9-18(23-22-15)24-10-12-25(13-11-24)19(26)14-16-5-7-17(8-6-16)20(2,3)21/h4-9H,10-14H2,1-3H3. The zero-order valence-electron chi connectivity index (χ0n) is 15.6. The van der Waals surface area contributed by atoms with Crippen LogP contribution >= 0.6 is 0 Å². The van der Waals surface area contributed by atoms with Crippen LogP contribution < -0.4 is 4.90 Å². The number of aromatic nitrogens is 2. The summed E-state index contributed by atoms with van der Waals surface area (Å²) in [5, 5.41) is 8.30. The molecule has 1 amide bonds. The first kappa shape index (κ1) is 18.3. The van der Waals surface area contributed by atoms with Crippen LogP contribution in [0.4, 0.5) is 10.2 Å². The van der Waals surface area contributed by atoms with Gasteiger partial charge in [-0.1, -0.05) is 24.3 Å². The van der Waals surface area contributed by atoms with Crippen LogP contribution in [0.25, 0.3) is 0 Å². The van der Waals surface area contributed by atoms with Crippen LogP contribution in [0.5, 0.6) is 0 Å². The van der Waals surface area contributed by atoms with Gasteiger partial charge in [0.05, 0.1) is 12.1 Å². The molecular formula is C20H25FN4O. The molecule has 2 heterocycles. The average molecular weight is 356 g/mol. The summed E-state index contributed by atoms with van der Waals surface area (Å²) in [5.41, 5.74) is 1.07. The van der Waals surface area contributed by atoms with Crippen LogP contribution in [0.2, 0.25) is 0 Å². The van der Waals surface area contributed by atoms with Gasteiger partial charge in [-0.15, -0.1) is 5.10 Å². The SMILES string of the molecule is Cc1ccc(N2CCN(C(=O)Cc3ccc(C(C)(C)F)cc3)CC2)nn1. The molecule has 26 heavy (non-hydrogen) atoms. The number of nitrogens with zero attached hydrogens (tertiary/aromatic N) is 4. The number of amides is 1. The molecule has 6 heteroatoms. The van der Waals surface area contributed by atoms with E-state index in [1.165, 1.54) is 13.8 Å². The molecule has 0 atom stereocenters. The van der Waals surface area contributed by atoms with E-state index < -0.39 is 5.67 Å². The summed E-state index contributed by atoms with van der Waals surface area (Å²) in [5.74, 6) is 0.957. The zero-order chi connectivity index (χ0) is 18.7. The molecule has 0 spiro atoms. The highest BCUT2D eigenvalue weighted by molar-refractivity contribution is 5.79. The number of piperazine rings is 1. The van der Waals surface area contributed by atoms with E-state index in [0.717, 1.165) is 30.2 Å². The largest absolute Gasteiger partial charge is 0.352 e. The van der Waals surface area contributed by atoms with Crippen molar-refractivity contribution in [2.45, 2.75) is 32.9 Å². The Balaban J connectivity index is 1.54. The van der Waals surface area contributed by atoms with Crippen LogP contribution in [0.15, 0.2) is 36.4 Å². The lowest BCUT2D eigenvalue weighted by Gasteiger charge is -2.35. The third kappa shape index (κ3) is 4.36. The maximum Gasteiger partial charge on any atom is 0.227 e. The van der Waals surface area contributed by atoms with E-state index in [9.17, 15) is 9.18 Å². The minimum absolute atomic E-state index is 0.104. The molecule has 1 aliphatic heterocycles. The van der Waals surface area contributed by atoms with Gasteiger partial charge in [-0.05, 0) is 44.0 Å². The third-order valence-corrected chi connectivity index (χ3v) is 4.74. The highest BCUT2D eigenvalue weighted by Gasteiger charge is 2.23. The average Bonchev–Trinajstić information content (AvgIpc) is 2.62. The summed E-state index contributed by atoms with van der Waals surface area (Å²) in [4.78, 5) is 16.6. The molecule has 1 saturated heterocycles. The Hall–Kier alpha value is -2.50. The van der Waals surface area contributed by atoms with E-state index in [-0.39, 0.29) is 5.91 Å². The van der Waals surface area contributed by atoms with Crippen LogP contribution in [0, 0.1) is 6.92 Å². The maximum atomic E-state index is 13.9. The first-order valence-corrected chi connectivity index (χ1v) is 8.94. The second kappa shape index (κ2) is 7.40. The van der Waals surface area contributed by atoms with Crippen molar-refractivity contribution in [2.24, 2.45) is 0 Å². The van der Waals surface area contributed by atoms with E-state index in [4.69, 9.17) is 0 Å². The van der Waals surface area contributed by atoms with Gasteiger partial charge in [-0.25, -0.2) is 4.39 Å². The summed E-state index contributed by atoms with van der Waals surface area (Å²) in [7, 11) is 0. The molecule has 2 aromatic rings. The minimum Gasteiger partial charge on any atom is -0.352 e. The molecule has 3 rings (SSSR count). The Kier molecular flexibility index (Phi) is 5.20. The van der Waals surface area contributed by atoms with Crippen molar-refractivity contribution in [3.05, 3.63) is 53.2 Å². The van der Waals surface area contributed by atoms with Gasteiger partial charge >= 0.3 is 0 Å². The van der Waals surface area contributed by atoms with E-state index in [2.05, 4.69) is 15.1 Å². The normalized spacial score (nSPS) is 15.2. The topological polar surface area (TPSA) is 49.3 Å². The molecule has 138 valence electrons. The summed E-state index contributed by atoms with van der Waals surface area (Å²) in [6.07, 6.45) is 0.345. The van der Waals surface area contributed by atoms with E-state index >= 15 is 0 Å². The van der Waals surface area contributed by atoms with Gasteiger partial charge in [0.1, 0.15) is 5.67 Å². The number of benzene rings is 1. The number of carbonyl (C=O) groups excluding carboxylic acids is 1. The maximum absolute atomic E-state index is 13.9. The fourth-order valence-electron chi connectivity index (χ4n) is 3.05. The molecule has 0 unspecified atom stereocenters. The number of anilines is 1. The first-order valence-electron chi connectivity index (χ1n) is 8.94. The Labute approximate surface area is 153 Å². The second-order valence-electron chi connectivity index (χ2n) is 7.25. The van der Waals surface area contributed by atoms with Gasteiger partial charge in [-0.3, -0.25) is 4.79 Å². The third-order valence-electron chi connectivity index (χ3n) is 4.74. The molecule has 0 N–H and O–H groups in total. The Morgan fingerprint density at radius 3 is 2.23 bits per heavy atom. The molecule has 1 aromatic carbocycles. The summed E-state index contributed by atoms with van der Waals surface area (Å²) >= 11 is 0. The molecule has 1 fully saturated rings. The number of aryl methyl sites for hydroxylation is 1. The number of alkyl halides is 1. The number of rotatable bonds is 4. The molecule has 0 bridgehead atoms. The monoisotopic (exact) mass is 356 g/mol. The predicted molar refractivity (Wildman–Crippen MR) is 99.8 cm³/mol. The van der Waals surface area contributed by atoms with E-state index in [1.807, 2.05) is 36.1 Å². The van der Waals surface area contributed by atoms with Crippen LogP contribution in [0.1, 0.15) is 30.7 Å². The molecule has 0 saturated carbocycles.